The van der Waals surface area contributed by atoms with Gasteiger partial charge in [-0.1, -0.05) is 54.6 Å². The molecule has 234 valence electrons. The predicted octanol–water partition coefficient (Wildman–Crippen LogP) is 9.46. The van der Waals surface area contributed by atoms with E-state index in [1.54, 1.807) is 37.2 Å². The highest BCUT2D eigenvalue weighted by Crippen LogP contribution is 2.48. The van der Waals surface area contributed by atoms with E-state index in [9.17, 15) is 10.5 Å². The highest BCUT2D eigenvalue weighted by Gasteiger charge is 2.32. The van der Waals surface area contributed by atoms with Crippen molar-refractivity contribution in [1.29, 1.82) is 10.5 Å². The summed E-state index contributed by atoms with van der Waals surface area (Å²) in [5.41, 5.74) is 6.19. The number of benzene rings is 4. The smallest absolute Gasteiger partial charge is 0.236 e. The first kappa shape index (κ1) is 28.2. The SMILES string of the molecule is [C-]#[N+]c1c(-n2c3ccccc3c3ccncc32)c(C#N)c(-n2c3ccccc3c3ccncc32)c(C#N)c1-n1c2ccccc2c2ccncc21. The predicted molar refractivity (Wildman–Crippen MR) is 199 cm³/mol. The van der Waals surface area contributed by atoms with E-state index in [0.29, 0.717) is 17.1 Å². The first-order valence-corrected chi connectivity index (χ1v) is 16.2. The van der Waals surface area contributed by atoms with Crippen LogP contribution < -0.4 is 0 Å². The van der Waals surface area contributed by atoms with E-state index in [-0.39, 0.29) is 16.8 Å². The first-order chi connectivity index (χ1) is 25.2. The summed E-state index contributed by atoms with van der Waals surface area (Å²) in [6.07, 6.45) is 10.5. The van der Waals surface area contributed by atoms with Crippen LogP contribution >= 0.6 is 0 Å². The quantitative estimate of drug-likeness (QED) is 0.177. The molecule has 0 saturated carbocycles. The van der Waals surface area contributed by atoms with Gasteiger partial charge >= 0.3 is 0 Å². The van der Waals surface area contributed by atoms with Gasteiger partial charge in [0.2, 0.25) is 5.69 Å². The lowest BCUT2D eigenvalue weighted by Crippen LogP contribution is -2.11. The Morgan fingerprint density at radius 1 is 0.451 bits per heavy atom. The Balaban J connectivity index is 1.53. The van der Waals surface area contributed by atoms with Crippen molar-refractivity contribution in [1.82, 2.24) is 28.7 Å². The maximum absolute atomic E-state index is 11.4. The van der Waals surface area contributed by atoms with Crippen LogP contribution in [0.4, 0.5) is 5.69 Å². The molecule has 9 nitrogen and oxygen atoms in total. The Hall–Kier alpha value is -7.80. The zero-order valence-corrected chi connectivity index (χ0v) is 26.6. The van der Waals surface area contributed by atoms with Crippen LogP contribution in [0.15, 0.2) is 128 Å². The van der Waals surface area contributed by atoms with Crippen LogP contribution in [0.1, 0.15) is 11.1 Å². The molecule has 0 aliphatic carbocycles. The molecule has 10 aromatic rings. The molecule has 0 fully saturated rings. The van der Waals surface area contributed by atoms with Crippen LogP contribution in [0.25, 0.3) is 87.3 Å². The highest BCUT2D eigenvalue weighted by atomic mass is 15.1. The van der Waals surface area contributed by atoms with Crippen molar-refractivity contribution in [3.05, 3.63) is 151 Å². The minimum absolute atomic E-state index is 0.156. The second kappa shape index (κ2) is 10.6. The van der Waals surface area contributed by atoms with Crippen LogP contribution in [-0.2, 0) is 0 Å². The first-order valence-electron chi connectivity index (χ1n) is 16.2. The zero-order chi connectivity index (χ0) is 34.2. The van der Waals surface area contributed by atoms with Gasteiger partial charge in [-0.05, 0) is 36.4 Å². The number of aromatic nitrogens is 6. The summed E-state index contributed by atoms with van der Waals surface area (Å²) in [6.45, 7) is 8.85. The summed E-state index contributed by atoms with van der Waals surface area (Å²) in [5.74, 6) is 0. The molecule has 0 amide bonds. The average Bonchev–Trinajstić information content (AvgIpc) is 3.82. The minimum Gasteiger partial charge on any atom is -0.316 e. The van der Waals surface area contributed by atoms with Crippen molar-refractivity contribution in [2.75, 3.05) is 0 Å². The summed E-state index contributed by atoms with van der Waals surface area (Å²) in [4.78, 5) is 17.7. The van der Waals surface area contributed by atoms with Crippen molar-refractivity contribution in [3.63, 3.8) is 0 Å². The third kappa shape index (κ3) is 3.68. The maximum atomic E-state index is 11.4. The molecule has 10 rings (SSSR count). The van der Waals surface area contributed by atoms with Crippen LogP contribution in [0.3, 0.4) is 0 Å². The Morgan fingerprint density at radius 2 is 0.784 bits per heavy atom. The number of nitriles is 2. The van der Waals surface area contributed by atoms with Gasteiger partial charge in [-0.3, -0.25) is 15.0 Å². The van der Waals surface area contributed by atoms with Crippen LogP contribution in [0.2, 0.25) is 0 Å². The number of fused-ring (bicyclic) bond motifs is 9. The number of hydrogen-bond donors (Lipinski definition) is 0. The van der Waals surface area contributed by atoms with Crippen molar-refractivity contribution in [3.8, 4) is 29.2 Å². The molecular formula is C42H21N9. The van der Waals surface area contributed by atoms with Crippen LogP contribution in [0, 0.1) is 29.2 Å². The van der Waals surface area contributed by atoms with Gasteiger partial charge in [0.1, 0.15) is 12.1 Å². The molecule has 9 heteroatoms. The minimum atomic E-state index is 0.156. The van der Waals surface area contributed by atoms with Gasteiger partial charge in [-0.2, -0.15) is 10.5 Å². The fourth-order valence-electron chi connectivity index (χ4n) is 7.85. The summed E-state index contributed by atoms with van der Waals surface area (Å²) in [5, 5.41) is 28.3. The van der Waals surface area contributed by atoms with Gasteiger partial charge in [-0.25, -0.2) is 4.85 Å². The lowest BCUT2D eigenvalue weighted by Gasteiger charge is -2.23. The zero-order valence-electron chi connectivity index (χ0n) is 26.6. The summed E-state index contributed by atoms with van der Waals surface area (Å²) in [6, 6.07) is 34.6. The molecular weight excluding hydrogens is 631 g/mol. The number of hydrogen-bond acceptors (Lipinski definition) is 5. The van der Waals surface area contributed by atoms with Gasteiger partial charge in [-0.15, -0.1) is 0 Å². The van der Waals surface area contributed by atoms with Crippen molar-refractivity contribution < 1.29 is 0 Å². The summed E-state index contributed by atoms with van der Waals surface area (Å²) < 4.78 is 5.86. The molecule has 0 bridgehead atoms. The molecule has 0 saturated heterocycles. The van der Waals surface area contributed by atoms with Crippen molar-refractivity contribution >= 4 is 71.1 Å². The van der Waals surface area contributed by atoms with Crippen molar-refractivity contribution in [2.45, 2.75) is 0 Å². The second-order valence-corrected chi connectivity index (χ2v) is 12.2. The maximum Gasteiger partial charge on any atom is 0.236 e. The molecule has 0 N–H and O–H groups in total. The van der Waals surface area contributed by atoms with Gasteiger partial charge < -0.3 is 13.7 Å². The normalized spacial score (nSPS) is 11.5. The third-order valence-electron chi connectivity index (χ3n) is 9.83. The molecule has 4 aromatic carbocycles. The monoisotopic (exact) mass is 651 g/mol. The lowest BCUT2D eigenvalue weighted by atomic mass is 9.99. The average molecular weight is 652 g/mol. The van der Waals surface area contributed by atoms with Crippen molar-refractivity contribution in [2.24, 2.45) is 0 Å². The van der Waals surface area contributed by atoms with E-state index in [0.717, 1.165) is 65.4 Å². The van der Waals surface area contributed by atoms with E-state index in [1.165, 1.54) is 0 Å². The summed E-state index contributed by atoms with van der Waals surface area (Å²) >= 11 is 0. The van der Waals surface area contributed by atoms with Crippen LogP contribution in [-0.4, -0.2) is 28.7 Å². The summed E-state index contributed by atoms with van der Waals surface area (Å²) in [7, 11) is 0. The molecule has 51 heavy (non-hydrogen) atoms. The number of para-hydroxylation sites is 3. The molecule has 0 radical (unpaired) electrons. The van der Waals surface area contributed by atoms with E-state index < -0.39 is 0 Å². The molecule has 0 aliphatic rings. The molecule has 6 aromatic heterocycles. The molecule has 0 spiro atoms. The second-order valence-electron chi connectivity index (χ2n) is 12.2. The van der Waals surface area contributed by atoms with Crippen LogP contribution in [0.5, 0.6) is 0 Å². The topological polar surface area (TPSA) is 105 Å². The van der Waals surface area contributed by atoms with Gasteiger partial charge in [0.05, 0.1) is 86.5 Å². The molecule has 6 heterocycles. The van der Waals surface area contributed by atoms with Gasteiger partial charge in [0.15, 0.2) is 0 Å². The Labute approximate surface area is 289 Å². The van der Waals surface area contributed by atoms with Gasteiger partial charge in [0.25, 0.3) is 0 Å². The molecule has 0 unspecified atom stereocenters. The lowest BCUT2D eigenvalue weighted by molar-refractivity contribution is 1.07. The van der Waals surface area contributed by atoms with E-state index in [2.05, 4.69) is 31.9 Å². The number of pyridine rings is 3. The number of rotatable bonds is 3. The van der Waals surface area contributed by atoms with Gasteiger partial charge in [0, 0.05) is 50.9 Å². The molecule has 0 aliphatic heterocycles. The van der Waals surface area contributed by atoms with E-state index in [1.807, 2.05) is 105 Å². The largest absolute Gasteiger partial charge is 0.316 e. The third-order valence-corrected chi connectivity index (χ3v) is 9.83. The van der Waals surface area contributed by atoms with E-state index >= 15 is 0 Å². The number of nitrogens with zero attached hydrogens (tertiary/aromatic N) is 9. The Morgan fingerprint density at radius 3 is 1.14 bits per heavy atom. The molecule has 0 atom stereocenters. The standard InChI is InChI=1S/C42H21N9/c1-45-39-41(50-34-12-6-3-9-26(34)29-15-18-47-23-37(29)50)31(20-43)40(49-33-11-5-2-8-25(33)28-14-17-46-22-36(28)49)32(21-44)42(39)51-35-13-7-4-10-27(35)30-16-19-48-24-38(30)51/h2-19,22-24H. The Kier molecular flexibility index (Phi) is 5.87. The Bertz CT molecular complexity index is 2720. The highest BCUT2D eigenvalue weighted by molar-refractivity contribution is 6.14. The fraction of sp³-hybridized carbons (Fsp3) is 0. The fourth-order valence-corrected chi connectivity index (χ4v) is 7.85. The van der Waals surface area contributed by atoms with E-state index in [4.69, 9.17) is 6.57 Å².